The van der Waals surface area contributed by atoms with Gasteiger partial charge in [0.2, 0.25) is 0 Å². The molecule has 0 saturated carbocycles. The van der Waals surface area contributed by atoms with Gasteiger partial charge in [0, 0.05) is 23.8 Å². The van der Waals surface area contributed by atoms with Gasteiger partial charge in [-0.25, -0.2) is 4.79 Å². The Kier molecular flexibility index (Phi) is 5.84. The molecule has 0 saturated heterocycles. The van der Waals surface area contributed by atoms with Gasteiger partial charge in [-0.2, -0.15) is 0 Å². The predicted molar refractivity (Wildman–Crippen MR) is 110 cm³/mol. The average Bonchev–Trinajstić information content (AvgIpc) is 2.66. The van der Waals surface area contributed by atoms with Gasteiger partial charge in [-0.1, -0.05) is 11.6 Å². The molecule has 1 aromatic carbocycles. The van der Waals surface area contributed by atoms with Crippen LogP contribution in [0, 0.1) is 6.92 Å². The van der Waals surface area contributed by atoms with Crippen LogP contribution in [0.2, 0.25) is 0 Å². The molecular formula is C23H21NO4. The number of ketones is 1. The van der Waals surface area contributed by atoms with Crippen LogP contribution in [-0.2, 0) is 0 Å². The van der Waals surface area contributed by atoms with E-state index in [9.17, 15) is 9.59 Å². The first-order valence-corrected chi connectivity index (χ1v) is 8.92. The van der Waals surface area contributed by atoms with Crippen LogP contribution in [0.1, 0.15) is 35.3 Å². The molecule has 142 valence electrons. The smallest absolute Gasteiger partial charge is 0.336 e. The van der Waals surface area contributed by atoms with Gasteiger partial charge in [-0.15, -0.1) is 0 Å². The average molecular weight is 375 g/mol. The summed E-state index contributed by atoms with van der Waals surface area (Å²) in [6.45, 7) is 6.06. The molecule has 0 aliphatic heterocycles. The van der Waals surface area contributed by atoms with Gasteiger partial charge in [-0.3, -0.25) is 9.78 Å². The van der Waals surface area contributed by atoms with E-state index in [1.807, 2.05) is 32.9 Å². The van der Waals surface area contributed by atoms with Crippen molar-refractivity contribution in [1.29, 1.82) is 0 Å². The van der Waals surface area contributed by atoms with Gasteiger partial charge in [0.1, 0.15) is 17.9 Å². The van der Waals surface area contributed by atoms with Gasteiger partial charge in [0.05, 0.1) is 0 Å². The highest BCUT2D eigenvalue weighted by Gasteiger charge is 2.18. The summed E-state index contributed by atoms with van der Waals surface area (Å²) < 4.78 is 11.2. The van der Waals surface area contributed by atoms with E-state index in [1.165, 1.54) is 12.1 Å². The lowest BCUT2D eigenvalue weighted by Crippen LogP contribution is -2.07. The number of carbonyl (C=O) groups is 1. The van der Waals surface area contributed by atoms with Crippen LogP contribution in [0.4, 0.5) is 0 Å². The normalized spacial score (nSPS) is 11.0. The molecule has 2 heterocycles. The second kappa shape index (κ2) is 8.48. The largest absolute Gasteiger partial charge is 0.489 e. The molecule has 0 fully saturated rings. The summed E-state index contributed by atoms with van der Waals surface area (Å²) in [4.78, 5) is 29.0. The Morgan fingerprint density at radius 1 is 1.25 bits per heavy atom. The van der Waals surface area contributed by atoms with Crippen molar-refractivity contribution in [2.75, 3.05) is 6.61 Å². The first-order chi connectivity index (χ1) is 13.5. The Labute approximate surface area is 163 Å². The van der Waals surface area contributed by atoms with E-state index in [2.05, 4.69) is 4.98 Å². The van der Waals surface area contributed by atoms with E-state index in [1.54, 1.807) is 36.7 Å². The zero-order chi connectivity index (χ0) is 20.1. The summed E-state index contributed by atoms with van der Waals surface area (Å²) in [6, 6.07) is 8.58. The van der Waals surface area contributed by atoms with Crippen LogP contribution in [0.5, 0.6) is 5.75 Å². The van der Waals surface area contributed by atoms with E-state index in [0.29, 0.717) is 17.7 Å². The molecule has 0 N–H and O–H groups in total. The SMILES string of the molecule is CC(C)=CCOc1ccc2c(C)cc(=O)oc2c1C(=O)/C=C/c1cccnc1. The number of carbonyl (C=O) groups excluding carboxylic acids is 1. The molecule has 3 rings (SSSR count). The van der Waals surface area contributed by atoms with E-state index in [-0.39, 0.29) is 16.9 Å². The molecule has 28 heavy (non-hydrogen) atoms. The van der Waals surface area contributed by atoms with E-state index in [4.69, 9.17) is 9.15 Å². The van der Waals surface area contributed by atoms with Gasteiger partial charge in [0.15, 0.2) is 11.4 Å². The van der Waals surface area contributed by atoms with Crippen LogP contribution in [0.3, 0.4) is 0 Å². The molecule has 0 radical (unpaired) electrons. The summed E-state index contributed by atoms with van der Waals surface area (Å²) >= 11 is 0. The number of rotatable bonds is 6. The minimum atomic E-state index is -0.503. The topological polar surface area (TPSA) is 69.4 Å². The number of aryl methyl sites for hydroxylation is 1. The third-order valence-corrected chi connectivity index (χ3v) is 4.17. The van der Waals surface area contributed by atoms with E-state index in [0.717, 1.165) is 16.7 Å². The molecule has 0 aliphatic carbocycles. The standard InChI is InChI=1S/C23H21NO4/c1-15(2)10-12-27-20-9-7-18-16(3)13-21(26)28-23(18)22(20)19(25)8-6-17-5-4-11-24-14-17/h4-11,13-14H,12H2,1-3H3/b8-6+. The van der Waals surface area contributed by atoms with E-state index >= 15 is 0 Å². The van der Waals surface area contributed by atoms with Crippen molar-refractivity contribution in [1.82, 2.24) is 4.98 Å². The molecule has 0 unspecified atom stereocenters. The summed E-state index contributed by atoms with van der Waals surface area (Å²) in [7, 11) is 0. The summed E-state index contributed by atoms with van der Waals surface area (Å²) in [5, 5.41) is 0.701. The maximum atomic E-state index is 13.0. The van der Waals surface area contributed by atoms with Crippen molar-refractivity contribution >= 4 is 22.8 Å². The molecule has 5 heteroatoms. The van der Waals surface area contributed by atoms with Crippen LogP contribution < -0.4 is 10.4 Å². The third kappa shape index (κ3) is 4.43. The fraction of sp³-hybridized carbons (Fsp3) is 0.174. The van der Waals surface area contributed by atoms with Gasteiger partial charge in [0.25, 0.3) is 0 Å². The number of fused-ring (bicyclic) bond motifs is 1. The zero-order valence-electron chi connectivity index (χ0n) is 16.1. The number of aromatic nitrogens is 1. The third-order valence-electron chi connectivity index (χ3n) is 4.17. The maximum absolute atomic E-state index is 13.0. The molecule has 3 aromatic rings. The van der Waals surface area contributed by atoms with Gasteiger partial charge >= 0.3 is 5.63 Å². The highest BCUT2D eigenvalue weighted by molar-refractivity contribution is 6.15. The summed E-state index contributed by atoms with van der Waals surface area (Å²) in [6.07, 6.45) is 8.33. The minimum absolute atomic E-state index is 0.237. The second-order valence-electron chi connectivity index (χ2n) is 6.64. The van der Waals surface area contributed by atoms with E-state index < -0.39 is 5.63 Å². The number of hydrogen-bond donors (Lipinski definition) is 0. The molecule has 0 amide bonds. The first-order valence-electron chi connectivity index (χ1n) is 8.92. The predicted octanol–water partition coefficient (Wildman–Crippen LogP) is 4.74. The second-order valence-corrected chi connectivity index (χ2v) is 6.64. The number of nitrogens with zero attached hydrogens (tertiary/aromatic N) is 1. The van der Waals surface area contributed by atoms with Crippen LogP contribution in [0.25, 0.3) is 17.0 Å². The molecule has 0 aliphatic rings. The quantitative estimate of drug-likeness (QED) is 0.269. The Bertz CT molecular complexity index is 1120. The molecule has 2 aromatic heterocycles. The molecule has 5 nitrogen and oxygen atoms in total. The van der Waals surface area contributed by atoms with Crippen molar-refractivity contribution in [2.24, 2.45) is 0 Å². The lowest BCUT2D eigenvalue weighted by Gasteiger charge is -2.11. The number of benzene rings is 1. The van der Waals surface area contributed by atoms with Crippen molar-refractivity contribution in [3.05, 3.63) is 87.6 Å². The van der Waals surface area contributed by atoms with Crippen molar-refractivity contribution < 1.29 is 13.9 Å². The Morgan fingerprint density at radius 3 is 2.79 bits per heavy atom. The van der Waals surface area contributed by atoms with Crippen molar-refractivity contribution in [3.63, 3.8) is 0 Å². The van der Waals surface area contributed by atoms with Gasteiger partial charge < -0.3 is 9.15 Å². The number of pyridine rings is 1. The zero-order valence-corrected chi connectivity index (χ0v) is 16.1. The molecule has 0 spiro atoms. The van der Waals surface area contributed by atoms with Crippen LogP contribution in [-0.4, -0.2) is 17.4 Å². The minimum Gasteiger partial charge on any atom is -0.489 e. The Morgan fingerprint density at radius 2 is 2.07 bits per heavy atom. The van der Waals surface area contributed by atoms with Gasteiger partial charge in [-0.05, 0) is 68.3 Å². The molecule has 0 bridgehead atoms. The van der Waals surface area contributed by atoms with Crippen molar-refractivity contribution in [3.8, 4) is 5.75 Å². The Balaban J connectivity index is 2.10. The highest BCUT2D eigenvalue weighted by Crippen LogP contribution is 2.30. The number of ether oxygens (including phenoxy) is 1. The monoisotopic (exact) mass is 375 g/mol. The number of allylic oxidation sites excluding steroid dienone is 2. The lowest BCUT2D eigenvalue weighted by molar-refractivity contribution is 0.104. The fourth-order valence-corrected chi connectivity index (χ4v) is 2.75. The fourth-order valence-electron chi connectivity index (χ4n) is 2.75. The summed E-state index contributed by atoms with van der Waals surface area (Å²) in [5.74, 6) is 0.0648. The first kappa shape index (κ1) is 19.3. The maximum Gasteiger partial charge on any atom is 0.336 e. The van der Waals surface area contributed by atoms with Crippen LogP contribution in [0.15, 0.2) is 69.7 Å². The summed E-state index contributed by atoms with van der Waals surface area (Å²) in [5.41, 5.74) is 2.61. The highest BCUT2D eigenvalue weighted by atomic mass is 16.5. The van der Waals surface area contributed by atoms with Crippen LogP contribution >= 0.6 is 0 Å². The Hall–Kier alpha value is -3.47. The lowest BCUT2D eigenvalue weighted by atomic mass is 10.0. The van der Waals surface area contributed by atoms with Crippen molar-refractivity contribution in [2.45, 2.75) is 20.8 Å². The molecular weight excluding hydrogens is 354 g/mol. The molecule has 0 atom stereocenters. The number of hydrogen-bond acceptors (Lipinski definition) is 5.